The number of thiophene rings is 1. The number of fused-ring (bicyclic) bond motifs is 7. The highest BCUT2D eigenvalue weighted by molar-refractivity contribution is 7.33. The Labute approximate surface area is 264 Å². The Morgan fingerprint density at radius 3 is 1.84 bits per heavy atom. The molecule has 214 valence electrons. The highest BCUT2D eigenvalue weighted by atomic mass is 32.1. The SMILES string of the molecule is CC1(C)CCC(C)(C)c2cc3c(cc21)B1c2sc4ccccc4c2N(c2ccccc2)c2cccc(c21)N3c1ccccc1. The minimum Gasteiger partial charge on any atom is -0.311 e. The van der Waals surface area contributed by atoms with Crippen LogP contribution in [0.5, 0.6) is 0 Å². The van der Waals surface area contributed by atoms with E-state index in [1.807, 2.05) is 11.3 Å². The van der Waals surface area contributed by atoms with Crippen LogP contribution in [-0.4, -0.2) is 6.71 Å². The molecule has 44 heavy (non-hydrogen) atoms. The van der Waals surface area contributed by atoms with E-state index in [1.54, 1.807) is 0 Å². The van der Waals surface area contributed by atoms with Crippen LogP contribution in [-0.2, 0) is 10.8 Å². The van der Waals surface area contributed by atoms with Crippen LogP contribution in [0.2, 0.25) is 0 Å². The number of nitrogens with zero attached hydrogens (tertiary/aromatic N) is 2. The fourth-order valence-electron chi connectivity index (χ4n) is 8.13. The molecule has 0 saturated heterocycles. The van der Waals surface area contributed by atoms with Gasteiger partial charge in [-0.15, -0.1) is 11.3 Å². The number of rotatable bonds is 2. The zero-order valence-electron chi connectivity index (χ0n) is 25.8. The molecule has 0 spiro atoms. The van der Waals surface area contributed by atoms with Crippen LogP contribution in [0.1, 0.15) is 51.7 Å². The number of benzene rings is 5. The van der Waals surface area contributed by atoms with E-state index in [9.17, 15) is 0 Å². The van der Waals surface area contributed by atoms with E-state index in [0.29, 0.717) is 0 Å². The smallest absolute Gasteiger partial charge is 0.264 e. The van der Waals surface area contributed by atoms with E-state index in [-0.39, 0.29) is 17.5 Å². The molecular weight excluding hydrogens is 551 g/mol. The van der Waals surface area contributed by atoms with E-state index >= 15 is 0 Å². The third kappa shape index (κ3) is 3.55. The Morgan fingerprint density at radius 1 is 0.591 bits per heavy atom. The van der Waals surface area contributed by atoms with Gasteiger partial charge in [-0.1, -0.05) is 94.4 Å². The Hall–Kier alpha value is -4.28. The summed E-state index contributed by atoms with van der Waals surface area (Å²) in [5.41, 5.74) is 13.8. The van der Waals surface area contributed by atoms with Crippen molar-refractivity contribution in [1.82, 2.24) is 0 Å². The molecule has 1 aromatic heterocycles. The van der Waals surface area contributed by atoms with Gasteiger partial charge in [-0.05, 0) is 94.3 Å². The largest absolute Gasteiger partial charge is 0.311 e. The highest BCUT2D eigenvalue weighted by Gasteiger charge is 2.47. The van der Waals surface area contributed by atoms with Crippen LogP contribution >= 0.6 is 11.3 Å². The second-order valence-corrected chi connectivity index (χ2v) is 15.1. The molecule has 0 amide bonds. The zero-order chi connectivity index (χ0) is 29.8. The predicted molar refractivity (Wildman–Crippen MR) is 191 cm³/mol. The quantitative estimate of drug-likeness (QED) is 0.186. The van der Waals surface area contributed by atoms with Crippen LogP contribution in [0.25, 0.3) is 10.1 Å². The summed E-state index contributed by atoms with van der Waals surface area (Å²) >= 11 is 1.97. The Morgan fingerprint density at radius 2 is 1.16 bits per heavy atom. The van der Waals surface area contributed by atoms with Gasteiger partial charge in [-0.3, -0.25) is 0 Å². The number of anilines is 6. The summed E-state index contributed by atoms with van der Waals surface area (Å²) in [6, 6.07) is 43.1. The van der Waals surface area contributed by atoms with Crippen molar-refractivity contribution in [2.45, 2.75) is 51.4 Å². The van der Waals surface area contributed by atoms with Gasteiger partial charge in [0.15, 0.2) is 0 Å². The summed E-state index contributed by atoms with van der Waals surface area (Å²) in [5, 5.41) is 1.33. The van der Waals surface area contributed by atoms with Crippen LogP contribution in [0.4, 0.5) is 34.1 Å². The Kier molecular flexibility index (Phi) is 5.42. The average molecular weight is 587 g/mol. The van der Waals surface area contributed by atoms with Gasteiger partial charge in [0.05, 0.1) is 5.69 Å². The average Bonchev–Trinajstić information content (AvgIpc) is 3.43. The zero-order valence-corrected chi connectivity index (χ0v) is 26.6. The summed E-state index contributed by atoms with van der Waals surface area (Å²) in [6.45, 7) is 9.95. The van der Waals surface area contributed by atoms with Crippen molar-refractivity contribution in [3.05, 3.63) is 126 Å². The molecule has 2 nitrogen and oxygen atoms in total. The van der Waals surface area contributed by atoms with Gasteiger partial charge in [0.1, 0.15) is 0 Å². The van der Waals surface area contributed by atoms with Crippen LogP contribution in [0, 0.1) is 0 Å². The molecule has 1 aliphatic carbocycles. The topological polar surface area (TPSA) is 6.48 Å². The third-order valence-corrected chi connectivity index (χ3v) is 11.7. The second kappa shape index (κ2) is 9.12. The lowest BCUT2D eigenvalue weighted by Crippen LogP contribution is -2.60. The summed E-state index contributed by atoms with van der Waals surface area (Å²) in [7, 11) is 0. The standard InChI is InChI=1S/C40H35BN2S/c1-39(2)22-23-40(3,4)30-25-34-31(24-29(30)39)41-36-32(42(34)26-14-7-5-8-15-26)19-13-20-33(36)43(27-16-9-6-10-17-27)37-28-18-11-12-21-35(28)44-38(37)41/h5-21,24-25H,22-23H2,1-4H3. The summed E-state index contributed by atoms with van der Waals surface area (Å²) < 4.78 is 2.79. The van der Waals surface area contributed by atoms with E-state index < -0.39 is 0 Å². The molecule has 0 N–H and O–H groups in total. The van der Waals surface area contributed by atoms with Crippen LogP contribution in [0.15, 0.2) is 115 Å². The van der Waals surface area contributed by atoms with Crippen molar-refractivity contribution in [1.29, 1.82) is 0 Å². The van der Waals surface area contributed by atoms with Crippen molar-refractivity contribution in [2.75, 3.05) is 9.80 Å². The van der Waals surface area contributed by atoms with E-state index in [2.05, 4.69) is 153 Å². The fourth-order valence-corrected chi connectivity index (χ4v) is 9.45. The van der Waals surface area contributed by atoms with E-state index in [4.69, 9.17) is 0 Å². The lowest BCUT2D eigenvalue weighted by Gasteiger charge is -2.46. The van der Waals surface area contributed by atoms with Gasteiger partial charge in [0, 0.05) is 43.3 Å². The maximum absolute atomic E-state index is 2.62. The minimum absolute atomic E-state index is 0.129. The molecule has 9 rings (SSSR count). The van der Waals surface area contributed by atoms with E-state index in [0.717, 1.165) is 0 Å². The lowest BCUT2D eigenvalue weighted by molar-refractivity contribution is 0.332. The number of hydrogen-bond donors (Lipinski definition) is 0. The summed E-state index contributed by atoms with van der Waals surface area (Å²) in [6.07, 6.45) is 2.41. The molecule has 5 aromatic carbocycles. The first-order valence-electron chi connectivity index (χ1n) is 15.9. The highest BCUT2D eigenvalue weighted by Crippen LogP contribution is 2.51. The van der Waals surface area contributed by atoms with Crippen molar-refractivity contribution < 1.29 is 0 Å². The summed E-state index contributed by atoms with van der Waals surface area (Å²) in [4.78, 5) is 5.08. The molecule has 6 aromatic rings. The van der Waals surface area contributed by atoms with Gasteiger partial charge in [0.25, 0.3) is 6.71 Å². The van der Waals surface area contributed by atoms with Gasteiger partial charge >= 0.3 is 0 Å². The maximum Gasteiger partial charge on any atom is 0.264 e. The molecule has 0 fully saturated rings. The minimum atomic E-state index is 0.129. The normalized spacial score (nSPS) is 17.1. The monoisotopic (exact) mass is 586 g/mol. The van der Waals surface area contributed by atoms with Crippen molar-refractivity contribution in [3.63, 3.8) is 0 Å². The Balaban J connectivity index is 1.43. The molecule has 0 bridgehead atoms. The third-order valence-electron chi connectivity index (χ3n) is 10.5. The van der Waals surface area contributed by atoms with Gasteiger partial charge in [-0.25, -0.2) is 0 Å². The molecule has 0 saturated carbocycles. The number of hydrogen-bond acceptors (Lipinski definition) is 3. The Bertz CT molecular complexity index is 2090. The molecule has 2 aliphatic heterocycles. The second-order valence-electron chi connectivity index (χ2n) is 14.0. The van der Waals surface area contributed by atoms with Gasteiger partial charge in [0.2, 0.25) is 0 Å². The number of para-hydroxylation sites is 2. The lowest BCUT2D eigenvalue weighted by atomic mass is 9.35. The van der Waals surface area contributed by atoms with Gasteiger partial charge < -0.3 is 9.80 Å². The fraction of sp³-hybridized carbons (Fsp3) is 0.200. The van der Waals surface area contributed by atoms with Gasteiger partial charge in [-0.2, -0.15) is 0 Å². The van der Waals surface area contributed by atoms with Crippen molar-refractivity contribution >= 4 is 78.0 Å². The predicted octanol–water partition coefficient (Wildman–Crippen LogP) is 9.33. The molecule has 4 heteroatoms. The molecule has 3 aliphatic rings. The maximum atomic E-state index is 2.62. The first-order valence-corrected chi connectivity index (χ1v) is 16.7. The van der Waals surface area contributed by atoms with Crippen molar-refractivity contribution in [3.8, 4) is 0 Å². The molecular formula is C40H35BN2S. The van der Waals surface area contributed by atoms with Crippen molar-refractivity contribution in [2.24, 2.45) is 0 Å². The van der Waals surface area contributed by atoms with E-state index in [1.165, 1.54) is 83.9 Å². The molecule has 3 heterocycles. The molecule has 0 atom stereocenters. The summed E-state index contributed by atoms with van der Waals surface area (Å²) in [5.74, 6) is 0. The first-order chi connectivity index (χ1) is 21.3. The molecule has 0 radical (unpaired) electrons. The molecule has 0 unspecified atom stereocenters. The van der Waals surface area contributed by atoms with Crippen LogP contribution < -0.4 is 25.5 Å². The first kappa shape index (κ1) is 26.2. The van der Waals surface area contributed by atoms with Crippen LogP contribution in [0.3, 0.4) is 0 Å².